The molecule has 2 atom stereocenters. The maximum atomic E-state index is 2.61. The van der Waals surface area contributed by atoms with Crippen LogP contribution in [0.4, 0.5) is 0 Å². The van der Waals surface area contributed by atoms with Crippen LogP contribution in [0.25, 0.3) is 0 Å². The number of piperidine rings is 1. The molecule has 2 unspecified atom stereocenters. The Morgan fingerprint density at radius 2 is 1.75 bits per heavy atom. The summed E-state index contributed by atoms with van der Waals surface area (Å²) >= 11 is 0. The molecule has 0 amide bonds. The Hall–Kier alpha value is -0.820. The molecule has 0 bridgehead atoms. The van der Waals surface area contributed by atoms with E-state index in [1.165, 1.54) is 30.6 Å². The molecule has 0 saturated carbocycles. The third-order valence-corrected chi connectivity index (χ3v) is 3.60. The van der Waals surface area contributed by atoms with Crippen LogP contribution < -0.4 is 0 Å². The fourth-order valence-corrected chi connectivity index (χ4v) is 2.95. The number of hydrogen-bond donors (Lipinski definition) is 0. The summed E-state index contributed by atoms with van der Waals surface area (Å²) in [6.45, 7) is 10.6. The van der Waals surface area contributed by atoms with E-state index in [0.717, 1.165) is 18.4 Å². The van der Waals surface area contributed by atoms with Crippen molar-refractivity contribution in [2.24, 2.45) is 11.8 Å². The van der Waals surface area contributed by atoms with Crippen LogP contribution in [0.1, 0.15) is 31.4 Å². The van der Waals surface area contributed by atoms with Crippen LogP contribution in [-0.2, 0) is 6.54 Å². The molecule has 1 aliphatic rings. The van der Waals surface area contributed by atoms with Crippen molar-refractivity contribution in [3.8, 4) is 0 Å². The van der Waals surface area contributed by atoms with Gasteiger partial charge in [0.25, 0.3) is 0 Å². The second kappa shape index (κ2) is 5.01. The largest absolute Gasteiger partial charge is 0.299 e. The van der Waals surface area contributed by atoms with Crippen LogP contribution in [-0.4, -0.2) is 18.0 Å². The molecule has 1 heterocycles. The summed E-state index contributed by atoms with van der Waals surface area (Å²) in [6, 6.07) is 8.75. The third kappa shape index (κ3) is 2.85. The molecule has 1 fully saturated rings. The Balaban J connectivity index is 2.02. The lowest BCUT2D eigenvalue weighted by Crippen LogP contribution is -2.38. The second-order valence-electron chi connectivity index (χ2n) is 5.57. The number of rotatable bonds is 2. The lowest BCUT2D eigenvalue weighted by molar-refractivity contribution is 0.134. The SMILES string of the molecule is Cc1ccccc1CN1CC(C)CC(C)C1. The number of aryl methyl sites for hydroxylation is 1. The highest BCUT2D eigenvalue weighted by Gasteiger charge is 2.21. The molecule has 0 aliphatic carbocycles. The number of likely N-dealkylation sites (tertiary alicyclic amines) is 1. The van der Waals surface area contributed by atoms with Gasteiger partial charge in [-0.15, -0.1) is 0 Å². The van der Waals surface area contributed by atoms with Gasteiger partial charge in [-0.1, -0.05) is 38.1 Å². The third-order valence-electron chi connectivity index (χ3n) is 3.60. The molecule has 0 spiro atoms. The minimum absolute atomic E-state index is 0.854. The minimum Gasteiger partial charge on any atom is -0.299 e. The van der Waals surface area contributed by atoms with E-state index < -0.39 is 0 Å². The quantitative estimate of drug-likeness (QED) is 0.733. The summed E-state index contributed by atoms with van der Waals surface area (Å²) in [5.41, 5.74) is 2.91. The van der Waals surface area contributed by atoms with Crippen LogP contribution in [0.5, 0.6) is 0 Å². The van der Waals surface area contributed by atoms with Gasteiger partial charge < -0.3 is 0 Å². The van der Waals surface area contributed by atoms with Crippen molar-refractivity contribution in [3.63, 3.8) is 0 Å². The topological polar surface area (TPSA) is 3.24 Å². The van der Waals surface area contributed by atoms with Gasteiger partial charge in [0.2, 0.25) is 0 Å². The summed E-state index contributed by atoms with van der Waals surface area (Å²) in [5, 5.41) is 0. The smallest absolute Gasteiger partial charge is 0.0236 e. The first kappa shape index (κ1) is 11.7. The summed E-state index contributed by atoms with van der Waals surface area (Å²) in [4.78, 5) is 2.61. The molecule has 1 nitrogen and oxygen atoms in total. The summed E-state index contributed by atoms with van der Waals surface area (Å²) in [6.07, 6.45) is 1.39. The standard InChI is InChI=1S/C15H23N/c1-12-8-13(2)10-16(9-12)11-15-7-5-4-6-14(15)3/h4-7,12-13H,8-11H2,1-3H3. The monoisotopic (exact) mass is 217 g/mol. The molecule has 2 rings (SSSR count). The first-order valence-corrected chi connectivity index (χ1v) is 6.42. The fourth-order valence-electron chi connectivity index (χ4n) is 2.95. The van der Waals surface area contributed by atoms with Crippen molar-refractivity contribution < 1.29 is 0 Å². The second-order valence-corrected chi connectivity index (χ2v) is 5.57. The highest BCUT2D eigenvalue weighted by Crippen LogP contribution is 2.23. The van der Waals surface area contributed by atoms with Gasteiger partial charge in [-0.25, -0.2) is 0 Å². The van der Waals surface area contributed by atoms with E-state index in [4.69, 9.17) is 0 Å². The van der Waals surface area contributed by atoms with Gasteiger partial charge in [-0.2, -0.15) is 0 Å². The highest BCUT2D eigenvalue weighted by molar-refractivity contribution is 5.25. The van der Waals surface area contributed by atoms with Crippen molar-refractivity contribution in [2.75, 3.05) is 13.1 Å². The van der Waals surface area contributed by atoms with Gasteiger partial charge in [0.15, 0.2) is 0 Å². The molecular formula is C15H23N. The molecule has 0 N–H and O–H groups in total. The summed E-state index contributed by atoms with van der Waals surface area (Å²) in [5.74, 6) is 1.71. The van der Waals surface area contributed by atoms with Gasteiger partial charge in [-0.05, 0) is 36.3 Å². The van der Waals surface area contributed by atoms with Crippen molar-refractivity contribution >= 4 is 0 Å². The van der Waals surface area contributed by atoms with E-state index in [2.05, 4.69) is 49.9 Å². The maximum absolute atomic E-state index is 2.61. The molecule has 16 heavy (non-hydrogen) atoms. The molecule has 1 aromatic rings. The summed E-state index contributed by atoms with van der Waals surface area (Å²) in [7, 11) is 0. The van der Waals surface area contributed by atoms with E-state index in [1.807, 2.05) is 0 Å². The van der Waals surface area contributed by atoms with Gasteiger partial charge >= 0.3 is 0 Å². The molecule has 0 aromatic heterocycles. The van der Waals surface area contributed by atoms with Crippen LogP contribution in [0.15, 0.2) is 24.3 Å². The van der Waals surface area contributed by atoms with Crippen LogP contribution in [0.2, 0.25) is 0 Å². The van der Waals surface area contributed by atoms with Gasteiger partial charge in [0.05, 0.1) is 0 Å². The van der Waals surface area contributed by atoms with Crippen molar-refractivity contribution in [1.82, 2.24) is 4.90 Å². The van der Waals surface area contributed by atoms with E-state index in [-0.39, 0.29) is 0 Å². The van der Waals surface area contributed by atoms with Gasteiger partial charge in [0.1, 0.15) is 0 Å². The Bertz CT molecular complexity index is 335. The predicted molar refractivity (Wildman–Crippen MR) is 69.4 cm³/mol. The zero-order chi connectivity index (χ0) is 11.5. The molecule has 1 saturated heterocycles. The van der Waals surface area contributed by atoms with Crippen molar-refractivity contribution in [2.45, 2.75) is 33.7 Å². The van der Waals surface area contributed by atoms with E-state index >= 15 is 0 Å². The maximum Gasteiger partial charge on any atom is 0.0236 e. The average Bonchev–Trinajstić information content (AvgIpc) is 2.20. The molecule has 1 aromatic carbocycles. The molecule has 0 radical (unpaired) electrons. The van der Waals surface area contributed by atoms with E-state index in [9.17, 15) is 0 Å². The average molecular weight is 217 g/mol. The molecule has 1 heteroatoms. The van der Waals surface area contributed by atoms with Crippen LogP contribution >= 0.6 is 0 Å². The first-order chi connectivity index (χ1) is 7.65. The number of nitrogens with zero attached hydrogens (tertiary/aromatic N) is 1. The zero-order valence-corrected chi connectivity index (χ0v) is 10.7. The Labute approximate surface area is 99.5 Å². The van der Waals surface area contributed by atoms with Crippen LogP contribution in [0.3, 0.4) is 0 Å². The number of benzene rings is 1. The van der Waals surface area contributed by atoms with Crippen molar-refractivity contribution in [3.05, 3.63) is 35.4 Å². The lowest BCUT2D eigenvalue weighted by Gasteiger charge is -2.35. The lowest BCUT2D eigenvalue weighted by atomic mass is 9.91. The van der Waals surface area contributed by atoms with E-state index in [0.29, 0.717) is 0 Å². The fraction of sp³-hybridized carbons (Fsp3) is 0.600. The minimum atomic E-state index is 0.854. The predicted octanol–water partition coefficient (Wildman–Crippen LogP) is 3.47. The van der Waals surface area contributed by atoms with Gasteiger partial charge in [-0.3, -0.25) is 4.90 Å². The Morgan fingerprint density at radius 3 is 2.38 bits per heavy atom. The van der Waals surface area contributed by atoms with Crippen LogP contribution in [0, 0.1) is 18.8 Å². The van der Waals surface area contributed by atoms with E-state index in [1.54, 1.807) is 0 Å². The molecule has 88 valence electrons. The van der Waals surface area contributed by atoms with Crippen molar-refractivity contribution in [1.29, 1.82) is 0 Å². The Morgan fingerprint density at radius 1 is 1.12 bits per heavy atom. The first-order valence-electron chi connectivity index (χ1n) is 6.42. The Kier molecular flexibility index (Phi) is 3.65. The normalized spacial score (nSPS) is 26.9. The number of hydrogen-bond acceptors (Lipinski definition) is 1. The molecule has 1 aliphatic heterocycles. The molecular weight excluding hydrogens is 194 g/mol. The zero-order valence-electron chi connectivity index (χ0n) is 10.7. The summed E-state index contributed by atoms with van der Waals surface area (Å²) < 4.78 is 0. The van der Waals surface area contributed by atoms with Gasteiger partial charge in [0, 0.05) is 19.6 Å². The highest BCUT2D eigenvalue weighted by atomic mass is 15.1.